The molecule has 0 aromatic heterocycles. The zero-order valence-electron chi connectivity index (χ0n) is 11.2. The van der Waals surface area contributed by atoms with Crippen molar-refractivity contribution in [2.24, 2.45) is 5.92 Å². The van der Waals surface area contributed by atoms with E-state index < -0.39 is 11.9 Å². The summed E-state index contributed by atoms with van der Waals surface area (Å²) in [6.45, 7) is 4.07. The van der Waals surface area contributed by atoms with E-state index in [0.717, 1.165) is 11.5 Å². The maximum atomic E-state index is 10.9. The molecule has 0 aliphatic heterocycles. The highest BCUT2D eigenvalue weighted by atomic mass is 16.4. The second-order valence-corrected chi connectivity index (χ2v) is 5.59. The molecule has 1 aromatic rings. The Labute approximate surface area is 109 Å². The quantitative estimate of drug-likeness (QED) is 0.869. The summed E-state index contributed by atoms with van der Waals surface area (Å²) in [5.74, 6) is 0.242. The fourth-order valence-corrected chi connectivity index (χ4v) is 2.99. The third-order valence-corrected chi connectivity index (χ3v) is 4.35. The molecule has 1 aliphatic carbocycles. The Morgan fingerprint density at radius 3 is 2.39 bits per heavy atom. The lowest BCUT2D eigenvalue weighted by Gasteiger charge is -2.29. The molecular weight excluding hydrogens is 224 g/mol. The lowest BCUT2D eigenvalue weighted by atomic mass is 9.76. The summed E-state index contributed by atoms with van der Waals surface area (Å²) in [5.41, 5.74) is 2.28. The Hall–Kier alpha value is -1.31. The summed E-state index contributed by atoms with van der Waals surface area (Å²) in [7, 11) is 0. The van der Waals surface area contributed by atoms with Crippen LogP contribution in [0.25, 0.3) is 0 Å². The molecule has 18 heavy (non-hydrogen) atoms. The van der Waals surface area contributed by atoms with Gasteiger partial charge in [-0.05, 0) is 36.3 Å². The van der Waals surface area contributed by atoms with Crippen molar-refractivity contribution in [3.8, 4) is 0 Å². The van der Waals surface area contributed by atoms with E-state index in [2.05, 4.69) is 19.1 Å². The van der Waals surface area contributed by atoms with Gasteiger partial charge in [0.25, 0.3) is 0 Å². The Balaban J connectivity index is 2.14. The van der Waals surface area contributed by atoms with Crippen molar-refractivity contribution in [3.05, 3.63) is 35.4 Å². The zero-order chi connectivity index (χ0) is 13.1. The van der Waals surface area contributed by atoms with Gasteiger partial charge in [0.2, 0.25) is 0 Å². The SMILES string of the molecule is C[C@H](C(=O)O)c1ccc([C@H]2CCCC[C@@H]2C)cc1. The maximum absolute atomic E-state index is 10.9. The average molecular weight is 246 g/mol. The Morgan fingerprint density at radius 2 is 1.83 bits per heavy atom. The van der Waals surface area contributed by atoms with Gasteiger partial charge in [0.05, 0.1) is 5.92 Å². The molecule has 2 rings (SSSR count). The molecular formula is C16H22O2. The first-order valence-corrected chi connectivity index (χ1v) is 6.92. The highest BCUT2D eigenvalue weighted by molar-refractivity contribution is 5.75. The van der Waals surface area contributed by atoms with Crippen molar-refractivity contribution < 1.29 is 9.90 Å². The summed E-state index contributed by atoms with van der Waals surface area (Å²) in [5, 5.41) is 9.00. The number of carboxylic acids is 1. The van der Waals surface area contributed by atoms with E-state index in [0.29, 0.717) is 5.92 Å². The zero-order valence-corrected chi connectivity index (χ0v) is 11.2. The van der Waals surface area contributed by atoms with Crippen molar-refractivity contribution in [3.63, 3.8) is 0 Å². The molecule has 1 fully saturated rings. The van der Waals surface area contributed by atoms with Gasteiger partial charge in [-0.2, -0.15) is 0 Å². The Kier molecular flexibility index (Phi) is 4.05. The monoisotopic (exact) mass is 246 g/mol. The van der Waals surface area contributed by atoms with Crippen LogP contribution < -0.4 is 0 Å². The average Bonchev–Trinajstić information content (AvgIpc) is 2.38. The normalized spacial score (nSPS) is 25.7. The number of benzene rings is 1. The Bertz CT molecular complexity index is 408. The predicted molar refractivity (Wildman–Crippen MR) is 72.9 cm³/mol. The van der Waals surface area contributed by atoms with Crippen LogP contribution in [-0.4, -0.2) is 11.1 Å². The molecule has 1 saturated carbocycles. The molecule has 0 unspecified atom stereocenters. The summed E-state index contributed by atoms with van der Waals surface area (Å²) >= 11 is 0. The summed E-state index contributed by atoms with van der Waals surface area (Å²) in [6.07, 6.45) is 5.26. The Morgan fingerprint density at radius 1 is 1.22 bits per heavy atom. The highest BCUT2D eigenvalue weighted by Crippen LogP contribution is 2.37. The van der Waals surface area contributed by atoms with Crippen LogP contribution in [0.2, 0.25) is 0 Å². The lowest BCUT2D eigenvalue weighted by Crippen LogP contribution is -2.15. The van der Waals surface area contributed by atoms with E-state index in [-0.39, 0.29) is 0 Å². The first-order valence-electron chi connectivity index (χ1n) is 6.92. The van der Waals surface area contributed by atoms with Gasteiger partial charge in [-0.3, -0.25) is 4.79 Å². The standard InChI is InChI=1S/C16H22O2/c1-11-5-3-4-6-15(11)14-9-7-13(8-10-14)12(2)16(17)18/h7-12,15H,3-6H2,1-2H3,(H,17,18)/t11-,12-,15-/m0/s1. The van der Waals surface area contributed by atoms with Gasteiger partial charge in [0, 0.05) is 0 Å². The van der Waals surface area contributed by atoms with Crippen LogP contribution in [0.1, 0.15) is 62.5 Å². The second-order valence-electron chi connectivity index (χ2n) is 5.59. The van der Waals surface area contributed by atoms with Crippen molar-refractivity contribution in [1.82, 2.24) is 0 Å². The van der Waals surface area contributed by atoms with Crippen LogP contribution in [0.3, 0.4) is 0 Å². The molecule has 0 spiro atoms. The van der Waals surface area contributed by atoms with Gasteiger partial charge in [0.1, 0.15) is 0 Å². The van der Waals surface area contributed by atoms with E-state index in [4.69, 9.17) is 5.11 Å². The topological polar surface area (TPSA) is 37.3 Å². The number of hydrogen-bond donors (Lipinski definition) is 1. The van der Waals surface area contributed by atoms with Crippen LogP contribution >= 0.6 is 0 Å². The van der Waals surface area contributed by atoms with Crippen LogP contribution in [-0.2, 0) is 4.79 Å². The van der Waals surface area contributed by atoms with Crippen molar-refractivity contribution in [2.75, 3.05) is 0 Å². The number of hydrogen-bond acceptors (Lipinski definition) is 1. The number of rotatable bonds is 3. The van der Waals surface area contributed by atoms with Crippen molar-refractivity contribution >= 4 is 5.97 Å². The molecule has 0 saturated heterocycles. The first kappa shape index (κ1) is 13.1. The van der Waals surface area contributed by atoms with Gasteiger partial charge in [-0.1, -0.05) is 50.5 Å². The maximum Gasteiger partial charge on any atom is 0.310 e. The van der Waals surface area contributed by atoms with Crippen molar-refractivity contribution in [1.29, 1.82) is 0 Å². The largest absolute Gasteiger partial charge is 0.481 e. The predicted octanol–water partition coefficient (Wildman–Crippen LogP) is 4.17. The van der Waals surface area contributed by atoms with Gasteiger partial charge in [0.15, 0.2) is 0 Å². The minimum atomic E-state index is -0.756. The van der Waals surface area contributed by atoms with E-state index in [9.17, 15) is 4.79 Å². The summed E-state index contributed by atoms with van der Waals surface area (Å²) in [6, 6.07) is 8.22. The van der Waals surface area contributed by atoms with Crippen LogP contribution in [0, 0.1) is 5.92 Å². The summed E-state index contributed by atoms with van der Waals surface area (Å²) < 4.78 is 0. The smallest absolute Gasteiger partial charge is 0.310 e. The van der Waals surface area contributed by atoms with Gasteiger partial charge in [-0.15, -0.1) is 0 Å². The molecule has 1 N–H and O–H groups in total. The van der Waals surface area contributed by atoms with E-state index in [1.54, 1.807) is 6.92 Å². The van der Waals surface area contributed by atoms with Crippen LogP contribution in [0.4, 0.5) is 0 Å². The molecule has 0 radical (unpaired) electrons. The van der Waals surface area contributed by atoms with Crippen LogP contribution in [0.15, 0.2) is 24.3 Å². The molecule has 2 nitrogen and oxygen atoms in total. The number of carboxylic acid groups (broad SMARTS) is 1. The fraction of sp³-hybridized carbons (Fsp3) is 0.562. The van der Waals surface area contributed by atoms with Gasteiger partial charge < -0.3 is 5.11 Å². The molecule has 3 atom stereocenters. The molecule has 1 aliphatic rings. The molecule has 98 valence electrons. The third-order valence-electron chi connectivity index (χ3n) is 4.35. The first-order chi connectivity index (χ1) is 8.59. The van der Waals surface area contributed by atoms with Gasteiger partial charge in [-0.25, -0.2) is 0 Å². The number of carbonyl (C=O) groups is 1. The fourth-order valence-electron chi connectivity index (χ4n) is 2.99. The van der Waals surface area contributed by atoms with Gasteiger partial charge >= 0.3 is 5.97 Å². The molecule has 0 amide bonds. The molecule has 2 heteroatoms. The molecule has 1 aromatic carbocycles. The van der Waals surface area contributed by atoms with Crippen LogP contribution in [0.5, 0.6) is 0 Å². The highest BCUT2D eigenvalue weighted by Gasteiger charge is 2.23. The number of aliphatic carboxylic acids is 1. The minimum absolute atomic E-state index is 0.414. The molecule has 0 heterocycles. The van der Waals surface area contributed by atoms with E-state index in [1.165, 1.54) is 31.2 Å². The van der Waals surface area contributed by atoms with E-state index in [1.807, 2.05) is 12.1 Å². The van der Waals surface area contributed by atoms with Crippen molar-refractivity contribution in [2.45, 2.75) is 51.4 Å². The molecule has 0 bridgehead atoms. The third kappa shape index (κ3) is 2.74. The minimum Gasteiger partial charge on any atom is -0.481 e. The second kappa shape index (κ2) is 5.55. The summed E-state index contributed by atoms with van der Waals surface area (Å²) in [4.78, 5) is 10.9. The lowest BCUT2D eigenvalue weighted by molar-refractivity contribution is -0.138. The van der Waals surface area contributed by atoms with E-state index >= 15 is 0 Å².